The van der Waals surface area contributed by atoms with Crippen LogP contribution in [0, 0.1) is 0 Å². The molecule has 0 aliphatic rings. The molecule has 0 radical (unpaired) electrons. The first-order chi connectivity index (χ1) is 7.25. The molecule has 0 aromatic carbocycles. The van der Waals surface area contributed by atoms with Gasteiger partial charge >= 0.3 is 11.6 Å². The lowest BCUT2D eigenvalue weighted by molar-refractivity contribution is 0.0595. The van der Waals surface area contributed by atoms with E-state index in [0.29, 0.717) is 0 Å². The van der Waals surface area contributed by atoms with Crippen LogP contribution in [-0.4, -0.2) is 13.1 Å². The molecule has 0 bridgehead atoms. The second kappa shape index (κ2) is 10.5. The Hall–Kier alpha value is -1.58. The summed E-state index contributed by atoms with van der Waals surface area (Å²) in [5.74, 6) is -0.681. The fourth-order valence-corrected chi connectivity index (χ4v) is 0.629. The molecule has 1 heterocycles. The van der Waals surface area contributed by atoms with E-state index < -0.39 is 11.6 Å². The van der Waals surface area contributed by atoms with Gasteiger partial charge in [-0.25, -0.2) is 9.59 Å². The number of hydrogen-bond donors (Lipinski definition) is 0. The Balaban J connectivity index is 0. The third-order valence-electron chi connectivity index (χ3n) is 1.14. The fourth-order valence-electron chi connectivity index (χ4n) is 0.629. The van der Waals surface area contributed by atoms with Crippen LogP contribution >= 0.6 is 0 Å². The van der Waals surface area contributed by atoms with Crippen molar-refractivity contribution in [2.24, 2.45) is 0 Å². The summed E-state index contributed by atoms with van der Waals surface area (Å²) in [5.41, 5.74) is -0.769. The van der Waals surface area contributed by atoms with Crippen molar-refractivity contribution in [3.63, 3.8) is 0 Å². The molecule has 0 spiro atoms. The highest BCUT2D eigenvalue weighted by Crippen LogP contribution is 1.92. The third-order valence-corrected chi connectivity index (χ3v) is 1.14. The molecule has 0 fully saturated rings. The van der Waals surface area contributed by atoms with Gasteiger partial charge in [0.2, 0.25) is 0 Å². The van der Waals surface area contributed by atoms with E-state index in [4.69, 9.17) is 0 Å². The van der Waals surface area contributed by atoms with E-state index in [1.165, 1.54) is 25.5 Å². The van der Waals surface area contributed by atoms with Crippen molar-refractivity contribution < 1.29 is 13.9 Å². The van der Waals surface area contributed by atoms with Gasteiger partial charge in [-0.05, 0) is 12.1 Å². The van der Waals surface area contributed by atoms with Crippen LogP contribution in [0.5, 0.6) is 0 Å². The highest BCUT2D eigenvalue weighted by molar-refractivity contribution is 5.88. The first-order valence-electron chi connectivity index (χ1n) is 4.92. The van der Waals surface area contributed by atoms with Crippen molar-refractivity contribution in [3.05, 3.63) is 34.4 Å². The Morgan fingerprint density at radius 2 is 1.80 bits per heavy atom. The van der Waals surface area contributed by atoms with Crippen LogP contribution < -0.4 is 5.63 Å². The molecule has 15 heavy (non-hydrogen) atoms. The van der Waals surface area contributed by atoms with Gasteiger partial charge in [-0.15, -0.1) is 0 Å². The van der Waals surface area contributed by atoms with Crippen LogP contribution in [0.4, 0.5) is 0 Å². The normalized spacial score (nSPS) is 7.53. The van der Waals surface area contributed by atoms with E-state index in [-0.39, 0.29) is 5.56 Å². The van der Waals surface area contributed by atoms with Gasteiger partial charge in [0.1, 0.15) is 5.56 Å². The Morgan fingerprint density at radius 3 is 2.20 bits per heavy atom. The Kier molecular flexibility index (Phi) is 11.1. The SMILES string of the molecule is CC.CC.COC(=O)c1cccoc1=O. The highest BCUT2D eigenvalue weighted by atomic mass is 16.5. The molecule has 0 aliphatic heterocycles. The maximum absolute atomic E-state index is 10.8. The summed E-state index contributed by atoms with van der Waals surface area (Å²) in [5, 5.41) is 0. The third kappa shape index (κ3) is 5.67. The van der Waals surface area contributed by atoms with Crippen LogP contribution in [0.3, 0.4) is 0 Å². The van der Waals surface area contributed by atoms with Crippen molar-refractivity contribution >= 4 is 5.97 Å². The topological polar surface area (TPSA) is 56.5 Å². The molecule has 0 saturated heterocycles. The van der Waals surface area contributed by atoms with E-state index in [1.807, 2.05) is 27.7 Å². The van der Waals surface area contributed by atoms with Crippen molar-refractivity contribution in [1.82, 2.24) is 0 Å². The quantitative estimate of drug-likeness (QED) is 0.674. The monoisotopic (exact) mass is 214 g/mol. The van der Waals surface area contributed by atoms with Crippen LogP contribution in [0.25, 0.3) is 0 Å². The number of ether oxygens (including phenoxy) is 1. The average molecular weight is 214 g/mol. The second-order valence-corrected chi connectivity index (χ2v) is 1.81. The molecular weight excluding hydrogens is 196 g/mol. The zero-order chi connectivity index (χ0) is 12.3. The number of carbonyl (C=O) groups excluding carboxylic acids is 1. The van der Waals surface area contributed by atoms with Gasteiger partial charge in [0.15, 0.2) is 0 Å². The van der Waals surface area contributed by atoms with Gasteiger partial charge in [-0.1, -0.05) is 27.7 Å². The summed E-state index contributed by atoms with van der Waals surface area (Å²) < 4.78 is 8.74. The lowest BCUT2D eigenvalue weighted by Crippen LogP contribution is -2.14. The van der Waals surface area contributed by atoms with Crippen LogP contribution in [0.2, 0.25) is 0 Å². The molecule has 0 saturated carbocycles. The van der Waals surface area contributed by atoms with Gasteiger partial charge < -0.3 is 9.15 Å². The first-order valence-corrected chi connectivity index (χ1v) is 4.92. The van der Waals surface area contributed by atoms with E-state index in [0.717, 1.165) is 0 Å². The van der Waals surface area contributed by atoms with E-state index in [9.17, 15) is 9.59 Å². The Morgan fingerprint density at radius 1 is 1.27 bits per heavy atom. The van der Waals surface area contributed by atoms with E-state index in [1.54, 1.807) is 0 Å². The second-order valence-electron chi connectivity index (χ2n) is 1.81. The highest BCUT2D eigenvalue weighted by Gasteiger charge is 2.09. The minimum atomic E-state index is -0.681. The van der Waals surface area contributed by atoms with Crippen molar-refractivity contribution in [3.8, 4) is 0 Å². The van der Waals surface area contributed by atoms with Crippen molar-refractivity contribution in [2.75, 3.05) is 7.11 Å². The minimum Gasteiger partial charge on any atom is -0.465 e. The minimum absolute atomic E-state index is 0.0880. The Labute approximate surface area is 89.9 Å². The molecule has 0 N–H and O–H groups in total. The summed E-state index contributed by atoms with van der Waals surface area (Å²) in [7, 11) is 1.20. The van der Waals surface area contributed by atoms with Crippen LogP contribution in [-0.2, 0) is 4.74 Å². The molecule has 0 atom stereocenters. The number of rotatable bonds is 1. The van der Waals surface area contributed by atoms with Gasteiger partial charge in [0.25, 0.3) is 0 Å². The fraction of sp³-hybridized carbons (Fsp3) is 0.455. The smallest absolute Gasteiger partial charge is 0.350 e. The van der Waals surface area contributed by atoms with Crippen LogP contribution in [0.15, 0.2) is 27.6 Å². The molecular formula is C11H18O4. The summed E-state index contributed by atoms with van der Waals surface area (Å²) in [6.07, 6.45) is 1.20. The Bertz CT molecular complexity index is 314. The zero-order valence-corrected chi connectivity index (χ0v) is 9.87. The van der Waals surface area contributed by atoms with Crippen molar-refractivity contribution in [1.29, 1.82) is 0 Å². The van der Waals surface area contributed by atoms with E-state index in [2.05, 4.69) is 9.15 Å². The molecule has 0 aliphatic carbocycles. The summed E-state index contributed by atoms with van der Waals surface area (Å²) in [4.78, 5) is 21.5. The lowest BCUT2D eigenvalue weighted by atomic mass is 10.3. The predicted molar refractivity (Wildman–Crippen MR) is 59.0 cm³/mol. The van der Waals surface area contributed by atoms with E-state index >= 15 is 0 Å². The standard InChI is InChI=1S/C7H6O4.2C2H6/c1-10-6(8)5-3-2-4-11-7(5)9;2*1-2/h2-4H,1H3;2*1-2H3. The first kappa shape index (κ1) is 15.9. The predicted octanol–water partition coefficient (Wildman–Crippen LogP) is 2.48. The molecule has 1 rings (SSSR count). The molecule has 1 aromatic heterocycles. The molecule has 0 unspecified atom stereocenters. The zero-order valence-electron chi connectivity index (χ0n) is 9.87. The van der Waals surface area contributed by atoms with Crippen LogP contribution in [0.1, 0.15) is 38.1 Å². The maximum Gasteiger partial charge on any atom is 0.350 e. The summed E-state index contributed by atoms with van der Waals surface area (Å²) >= 11 is 0. The number of esters is 1. The molecule has 0 amide bonds. The molecule has 86 valence electrons. The lowest BCUT2D eigenvalue weighted by Gasteiger charge is -1.93. The van der Waals surface area contributed by atoms with Gasteiger partial charge in [0, 0.05) is 0 Å². The van der Waals surface area contributed by atoms with Gasteiger partial charge in [0.05, 0.1) is 13.4 Å². The molecule has 1 aromatic rings. The summed E-state index contributed by atoms with van der Waals surface area (Å²) in [6.45, 7) is 8.00. The number of carbonyl (C=O) groups is 1. The average Bonchev–Trinajstić information content (AvgIpc) is 2.34. The molecule has 4 nitrogen and oxygen atoms in total. The van der Waals surface area contributed by atoms with Crippen molar-refractivity contribution in [2.45, 2.75) is 27.7 Å². The maximum atomic E-state index is 10.8. The summed E-state index contributed by atoms with van der Waals surface area (Å²) in [6, 6.07) is 2.80. The number of methoxy groups -OCH3 is 1. The van der Waals surface area contributed by atoms with Gasteiger partial charge in [-0.2, -0.15) is 0 Å². The molecule has 4 heteroatoms. The largest absolute Gasteiger partial charge is 0.465 e. The number of hydrogen-bond acceptors (Lipinski definition) is 4. The van der Waals surface area contributed by atoms with Gasteiger partial charge in [-0.3, -0.25) is 0 Å².